The fraction of sp³-hybridized carbons (Fsp3) is 0.286. The Kier molecular flexibility index (Phi) is 3.64. The van der Waals surface area contributed by atoms with Gasteiger partial charge in [0.05, 0.1) is 23.6 Å². The molecule has 0 bridgehead atoms. The molecule has 0 spiro atoms. The van der Waals surface area contributed by atoms with Crippen LogP contribution in [0, 0.1) is 0 Å². The van der Waals surface area contributed by atoms with Gasteiger partial charge in [-0.2, -0.15) is 5.10 Å². The van der Waals surface area contributed by atoms with Crippen LogP contribution in [-0.4, -0.2) is 38.4 Å². The lowest BCUT2D eigenvalue weighted by atomic mass is 10.2. The van der Waals surface area contributed by atoms with Crippen LogP contribution in [0.5, 0.6) is 0 Å². The molecule has 3 aromatic rings. The molecule has 102 valence electrons. The number of ether oxygens (including phenoxy) is 1. The maximum absolute atomic E-state index is 5.03. The van der Waals surface area contributed by atoms with Crippen molar-refractivity contribution in [2.75, 3.05) is 13.7 Å². The molecule has 0 saturated carbocycles. The van der Waals surface area contributed by atoms with Crippen molar-refractivity contribution in [3.63, 3.8) is 0 Å². The Morgan fingerprint density at radius 3 is 2.80 bits per heavy atom. The number of fused-ring (bicyclic) bond motifs is 1. The highest BCUT2D eigenvalue weighted by atomic mass is 16.5. The number of nitrogens with zero attached hydrogens (tertiary/aromatic N) is 5. The van der Waals surface area contributed by atoms with E-state index in [0.717, 1.165) is 41.9 Å². The Bertz CT molecular complexity index is 709. The Morgan fingerprint density at radius 2 is 1.95 bits per heavy atom. The number of methoxy groups -OCH3 is 1. The monoisotopic (exact) mass is 269 g/mol. The van der Waals surface area contributed by atoms with E-state index < -0.39 is 0 Å². The first-order valence-corrected chi connectivity index (χ1v) is 6.45. The summed E-state index contributed by atoms with van der Waals surface area (Å²) < 4.78 is 6.93. The molecule has 6 heteroatoms. The van der Waals surface area contributed by atoms with Gasteiger partial charge in [0.15, 0.2) is 0 Å². The summed E-state index contributed by atoms with van der Waals surface area (Å²) in [6, 6.07) is 1.93. The Morgan fingerprint density at radius 1 is 1.10 bits per heavy atom. The second kappa shape index (κ2) is 5.75. The number of aryl methyl sites for hydroxylation is 1. The molecule has 0 aliphatic rings. The highest BCUT2D eigenvalue weighted by Gasteiger charge is 2.05. The van der Waals surface area contributed by atoms with Gasteiger partial charge in [0, 0.05) is 44.4 Å². The van der Waals surface area contributed by atoms with Gasteiger partial charge in [0.25, 0.3) is 0 Å². The van der Waals surface area contributed by atoms with Crippen LogP contribution >= 0.6 is 0 Å². The van der Waals surface area contributed by atoms with Crippen molar-refractivity contribution in [1.29, 1.82) is 0 Å². The minimum atomic E-state index is 0.735. The van der Waals surface area contributed by atoms with Gasteiger partial charge >= 0.3 is 0 Å². The summed E-state index contributed by atoms with van der Waals surface area (Å²) in [6.45, 7) is 1.57. The first-order chi connectivity index (χ1) is 9.86. The van der Waals surface area contributed by atoms with Crippen molar-refractivity contribution in [2.45, 2.75) is 13.0 Å². The molecule has 0 aliphatic carbocycles. The van der Waals surface area contributed by atoms with Crippen molar-refractivity contribution in [3.8, 4) is 11.3 Å². The zero-order chi connectivity index (χ0) is 13.8. The van der Waals surface area contributed by atoms with Gasteiger partial charge in [-0.1, -0.05) is 0 Å². The van der Waals surface area contributed by atoms with E-state index in [2.05, 4.69) is 20.1 Å². The molecule has 0 unspecified atom stereocenters. The Hall–Kier alpha value is -2.34. The summed E-state index contributed by atoms with van der Waals surface area (Å²) in [6.07, 6.45) is 9.82. The molecule has 0 aromatic carbocycles. The highest BCUT2D eigenvalue weighted by Crippen LogP contribution is 2.19. The van der Waals surface area contributed by atoms with Crippen LogP contribution in [0.3, 0.4) is 0 Å². The van der Waals surface area contributed by atoms with E-state index >= 15 is 0 Å². The van der Waals surface area contributed by atoms with Gasteiger partial charge in [-0.05, 0) is 12.5 Å². The number of hydrogen-bond donors (Lipinski definition) is 0. The predicted molar refractivity (Wildman–Crippen MR) is 75.0 cm³/mol. The number of rotatable bonds is 5. The number of aromatic nitrogens is 5. The van der Waals surface area contributed by atoms with Crippen LogP contribution in [0.4, 0.5) is 0 Å². The quantitative estimate of drug-likeness (QED) is 0.662. The fourth-order valence-electron chi connectivity index (χ4n) is 2.01. The molecule has 0 aliphatic heterocycles. The third kappa shape index (κ3) is 2.65. The summed E-state index contributed by atoms with van der Waals surface area (Å²) >= 11 is 0. The van der Waals surface area contributed by atoms with Crippen molar-refractivity contribution in [3.05, 3.63) is 37.1 Å². The minimum Gasteiger partial charge on any atom is -0.385 e. The lowest BCUT2D eigenvalue weighted by molar-refractivity contribution is 0.189. The minimum absolute atomic E-state index is 0.735. The topological polar surface area (TPSA) is 65.7 Å². The lowest BCUT2D eigenvalue weighted by Crippen LogP contribution is -2.01. The van der Waals surface area contributed by atoms with Crippen LogP contribution in [0.2, 0.25) is 0 Å². The van der Waals surface area contributed by atoms with Crippen molar-refractivity contribution in [1.82, 2.24) is 24.7 Å². The Balaban J connectivity index is 1.83. The van der Waals surface area contributed by atoms with Gasteiger partial charge in [-0.15, -0.1) is 0 Å². The van der Waals surface area contributed by atoms with Gasteiger partial charge < -0.3 is 4.74 Å². The van der Waals surface area contributed by atoms with Crippen LogP contribution in [0.15, 0.2) is 37.1 Å². The normalized spacial score (nSPS) is 11.1. The molecule has 0 radical (unpaired) electrons. The summed E-state index contributed by atoms with van der Waals surface area (Å²) in [7, 11) is 1.70. The zero-order valence-corrected chi connectivity index (χ0v) is 11.2. The smallest absolute Gasteiger partial charge is 0.107 e. The lowest BCUT2D eigenvalue weighted by Gasteiger charge is -2.00. The van der Waals surface area contributed by atoms with Gasteiger partial charge in [-0.3, -0.25) is 19.6 Å². The molecule has 3 aromatic heterocycles. The molecule has 0 N–H and O–H groups in total. The van der Waals surface area contributed by atoms with Gasteiger partial charge in [0.2, 0.25) is 0 Å². The van der Waals surface area contributed by atoms with E-state index in [1.807, 2.05) is 23.1 Å². The third-order valence-electron chi connectivity index (χ3n) is 3.02. The molecule has 3 rings (SSSR count). The zero-order valence-electron chi connectivity index (χ0n) is 11.2. The van der Waals surface area contributed by atoms with Crippen LogP contribution in [0.25, 0.3) is 22.3 Å². The molecule has 0 amide bonds. The van der Waals surface area contributed by atoms with E-state index in [1.165, 1.54) is 0 Å². The van der Waals surface area contributed by atoms with Crippen LogP contribution in [0.1, 0.15) is 6.42 Å². The van der Waals surface area contributed by atoms with E-state index in [1.54, 1.807) is 25.7 Å². The summed E-state index contributed by atoms with van der Waals surface area (Å²) in [4.78, 5) is 12.9. The van der Waals surface area contributed by atoms with E-state index in [4.69, 9.17) is 4.74 Å². The molecular weight excluding hydrogens is 254 g/mol. The predicted octanol–water partition coefficient (Wildman–Crippen LogP) is 1.92. The highest BCUT2D eigenvalue weighted by molar-refractivity contribution is 5.77. The van der Waals surface area contributed by atoms with Crippen molar-refractivity contribution < 1.29 is 4.74 Å². The standard InChI is InChI=1S/C14H15N5O/c1-20-6-2-5-19-10-11(8-18-19)12-7-13-14(9-17-12)16-4-3-15-13/h3-4,7-10H,2,5-6H2,1H3. The first kappa shape index (κ1) is 12.7. The number of hydrogen-bond acceptors (Lipinski definition) is 5. The average Bonchev–Trinajstić information content (AvgIpc) is 2.96. The van der Waals surface area contributed by atoms with Crippen LogP contribution < -0.4 is 0 Å². The van der Waals surface area contributed by atoms with E-state index in [-0.39, 0.29) is 0 Å². The van der Waals surface area contributed by atoms with E-state index in [9.17, 15) is 0 Å². The molecule has 0 fully saturated rings. The molecule has 6 nitrogen and oxygen atoms in total. The maximum atomic E-state index is 5.03. The molecule has 20 heavy (non-hydrogen) atoms. The number of pyridine rings is 1. The molecule has 0 saturated heterocycles. The van der Waals surface area contributed by atoms with Gasteiger partial charge in [-0.25, -0.2) is 0 Å². The largest absolute Gasteiger partial charge is 0.385 e. The SMILES string of the molecule is COCCCn1cc(-c2cc3nccnc3cn2)cn1. The summed E-state index contributed by atoms with van der Waals surface area (Å²) in [5, 5.41) is 4.33. The second-order valence-corrected chi connectivity index (χ2v) is 4.45. The summed E-state index contributed by atoms with van der Waals surface area (Å²) in [5.41, 5.74) is 3.47. The molecule has 3 heterocycles. The van der Waals surface area contributed by atoms with Crippen molar-refractivity contribution >= 4 is 11.0 Å². The maximum Gasteiger partial charge on any atom is 0.107 e. The fourth-order valence-corrected chi connectivity index (χ4v) is 2.01. The molecular formula is C14H15N5O. The average molecular weight is 269 g/mol. The van der Waals surface area contributed by atoms with Crippen LogP contribution in [-0.2, 0) is 11.3 Å². The third-order valence-corrected chi connectivity index (χ3v) is 3.02. The Labute approximate surface area is 116 Å². The molecule has 0 atom stereocenters. The summed E-state index contributed by atoms with van der Waals surface area (Å²) in [5.74, 6) is 0. The second-order valence-electron chi connectivity index (χ2n) is 4.45. The van der Waals surface area contributed by atoms with E-state index in [0.29, 0.717) is 0 Å². The van der Waals surface area contributed by atoms with Crippen molar-refractivity contribution in [2.24, 2.45) is 0 Å². The van der Waals surface area contributed by atoms with Gasteiger partial charge in [0.1, 0.15) is 5.52 Å². The first-order valence-electron chi connectivity index (χ1n) is 6.45.